The van der Waals surface area contributed by atoms with Crippen LogP contribution in [-0.4, -0.2) is 26.3 Å². The van der Waals surface area contributed by atoms with Crippen LogP contribution in [0.4, 0.5) is 0 Å². The number of aryl methyl sites for hydroxylation is 1. The van der Waals surface area contributed by atoms with Gasteiger partial charge in [-0.1, -0.05) is 38.1 Å². The zero-order chi connectivity index (χ0) is 14.4. The van der Waals surface area contributed by atoms with Crippen molar-refractivity contribution in [3.8, 4) is 0 Å². The van der Waals surface area contributed by atoms with E-state index < -0.39 is 0 Å². The third-order valence-corrected chi connectivity index (χ3v) is 3.94. The molecule has 1 aliphatic rings. The highest BCUT2D eigenvalue weighted by Crippen LogP contribution is 2.29. The molecular formula is C18H29NO. The zero-order valence-electron chi connectivity index (χ0n) is 13.2. The van der Waals surface area contributed by atoms with Crippen molar-refractivity contribution in [2.45, 2.75) is 39.5 Å². The van der Waals surface area contributed by atoms with E-state index in [1.807, 2.05) is 0 Å². The largest absolute Gasteiger partial charge is 0.380 e. The summed E-state index contributed by atoms with van der Waals surface area (Å²) in [6.45, 7) is 10.6. The second kappa shape index (κ2) is 7.80. The van der Waals surface area contributed by atoms with Crippen molar-refractivity contribution < 1.29 is 4.74 Å². The molecule has 1 fully saturated rings. The first-order chi connectivity index (χ1) is 9.66. The fourth-order valence-electron chi connectivity index (χ4n) is 2.51. The fraction of sp³-hybridized carbons (Fsp3) is 0.667. The lowest BCUT2D eigenvalue weighted by atomic mass is 9.95. The number of ether oxygens (including phenoxy) is 1. The summed E-state index contributed by atoms with van der Waals surface area (Å²) in [4.78, 5) is 0. The molecule has 1 saturated carbocycles. The first-order valence-electron chi connectivity index (χ1n) is 8.00. The molecule has 2 rings (SSSR count). The summed E-state index contributed by atoms with van der Waals surface area (Å²) in [5.74, 6) is 2.00. The van der Waals surface area contributed by atoms with Gasteiger partial charge >= 0.3 is 0 Å². The first-order valence-corrected chi connectivity index (χ1v) is 8.00. The maximum atomic E-state index is 5.95. The molecule has 0 aliphatic heterocycles. The van der Waals surface area contributed by atoms with Gasteiger partial charge in [0.1, 0.15) is 0 Å². The van der Waals surface area contributed by atoms with E-state index in [0.29, 0.717) is 11.8 Å². The molecule has 0 amide bonds. The summed E-state index contributed by atoms with van der Waals surface area (Å²) in [7, 11) is 0. The molecule has 2 nitrogen and oxygen atoms in total. The molecule has 0 aromatic heterocycles. The highest BCUT2D eigenvalue weighted by Gasteiger charge is 2.22. The predicted octanol–water partition coefficient (Wildman–Crippen LogP) is 3.75. The van der Waals surface area contributed by atoms with Gasteiger partial charge in [-0.05, 0) is 49.3 Å². The van der Waals surface area contributed by atoms with Gasteiger partial charge < -0.3 is 10.1 Å². The van der Waals surface area contributed by atoms with Crippen LogP contribution in [0.5, 0.6) is 0 Å². The number of hydrogen-bond donors (Lipinski definition) is 1. The topological polar surface area (TPSA) is 21.3 Å². The Hall–Kier alpha value is -0.860. The average Bonchev–Trinajstić information content (AvgIpc) is 3.21. The lowest BCUT2D eigenvalue weighted by Gasteiger charge is -2.21. The normalized spacial score (nSPS) is 16.6. The molecule has 0 radical (unpaired) electrons. The van der Waals surface area contributed by atoms with Crippen LogP contribution in [0.15, 0.2) is 24.3 Å². The molecule has 0 bridgehead atoms. The van der Waals surface area contributed by atoms with Gasteiger partial charge in [-0.2, -0.15) is 0 Å². The molecule has 1 atom stereocenters. The van der Waals surface area contributed by atoms with E-state index in [4.69, 9.17) is 4.74 Å². The van der Waals surface area contributed by atoms with Gasteiger partial charge in [-0.3, -0.25) is 0 Å². The molecule has 0 saturated heterocycles. The second-order valence-electron chi connectivity index (χ2n) is 6.59. The molecule has 1 aromatic rings. The van der Waals surface area contributed by atoms with Gasteiger partial charge in [0, 0.05) is 19.1 Å². The quantitative estimate of drug-likeness (QED) is 0.741. The molecule has 1 aromatic carbocycles. The molecule has 1 unspecified atom stereocenters. The van der Waals surface area contributed by atoms with Gasteiger partial charge in [0.15, 0.2) is 0 Å². The van der Waals surface area contributed by atoms with E-state index >= 15 is 0 Å². The van der Waals surface area contributed by atoms with Crippen LogP contribution in [0.3, 0.4) is 0 Å². The number of hydrogen-bond acceptors (Lipinski definition) is 2. The summed E-state index contributed by atoms with van der Waals surface area (Å²) >= 11 is 0. The third-order valence-electron chi connectivity index (χ3n) is 3.94. The van der Waals surface area contributed by atoms with Gasteiger partial charge in [0.2, 0.25) is 0 Å². The Kier molecular flexibility index (Phi) is 6.06. The van der Waals surface area contributed by atoms with Crippen LogP contribution in [0, 0.1) is 18.8 Å². The molecule has 0 heterocycles. The standard InChI is InChI=1S/C18H29NO/c1-14(2)10-19-11-17(13-20-12-16-8-9-16)18-7-5-4-6-15(18)3/h4-7,14,16-17,19H,8-13H2,1-3H3. The summed E-state index contributed by atoms with van der Waals surface area (Å²) in [5, 5.41) is 3.58. The van der Waals surface area contributed by atoms with Crippen LogP contribution in [0.25, 0.3) is 0 Å². The van der Waals surface area contributed by atoms with E-state index in [9.17, 15) is 0 Å². The number of rotatable bonds is 9. The average molecular weight is 275 g/mol. The molecule has 1 N–H and O–H groups in total. The summed E-state index contributed by atoms with van der Waals surface area (Å²) in [6, 6.07) is 8.70. The minimum Gasteiger partial charge on any atom is -0.380 e. The zero-order valence-corrected chi connectivity index (χ0v) is 13.2. The summed E-state index contributed by atoms with van der Waals surface area (Å²) < 4.78 is 5.95. The monoisotopic (exact) mass is 275 g/mol. The van der Waals surface area contributed by atoms with Crippen molar-refractivity contribution in [1.29, 1.82) is 0 Å². The molecule has 1 aliphatic carbocycles. The summed E-state index contributed by atoms with van der Waals surface area (Å²) in [5.41, 5.74) is 2.80. The lowest BCUT2D eigenvalue weighted by molar-refractivity contribution is 0.110. The van der Waals surface area contributed by atoms with Crippen molar-refractivity contribution in [2.24, 2.45) is 11.8 Å². The van der Waals surface area contributed by atoms with Crippen molar-refractivity contribution >= 4 is 0 Å². The Morgan fingerprint density at radius 1 is 1.20 bits per heavy atom. The van der Waals surface area contributed by atoms with Gasteiger partial charge in [0.05, 0.1) is 6.61 Å². The Balaban J connectivity index is 1.89. The molecule has 112 valence electrons. The maximum Gasteiger partial charge on any atom is 0.0547 e. The number of benzene rings is 1. The minimum absolute atomic E-state index is 0.466. The minimum atomic E-state index is 0.466. The lowest BCUT2D eigenvalue weighted by Crippen LogP contribution is -2.28. The second-order valence-corrected chi connectivity index (χ2v) is 6.59. The van der Waals surface area contributed by atoms with Gasteiger partial charge in [-0.25, -0.2) is 0 Å². The van der Waals surface area contributed by atoms with E-state index in [2.05, 4.69) is 50.4 Å². The molecule has 20 heavy (non-hydrogen) atoms. The van der Waals surface area contributed by atoms with Crippen molar-refractivity contribution in [1.82, 2.24) is 5.32 Å². The maximum absolute atomic E-state index is 5.95. The van der Waals surface area contributed by atoms with Crippen LogP contribution < -0.4 is 5.32 Å². The summed E-state index contributed by atoms with van der Waals surface area (Å²) in [6.07, 6.45) is 2.72. The fourth-order valence-corrected chi connectivity index (χ4v) is 2.51. The third kappa shape index (κ3) is 5.26. The Labute approximate surface area is 123 Å². The van der Waals surface area contributed by atoms with Crippen LogP contribution in [-0.2, 0) is 4.74 Å². The van der Waals surface area contributed by atoms with Crippen LogP contribution in [0.2, 0.25) is 0 Å². The highest BCUT2D eigenvalue weighted by molar-refractivity contribution is 5.29. The van der Waals surface area contributed by atoms with Crippen molar-refractivity contribution in [3.63, 3.8) is 0 Å². The Morgan fingerprint density at radius 3 is 2.60 bits per heavy atom. The SMILES string of the molecule is Cc1ccccc1C(CNCC(C)C)COCC1CC1. The van der Waals surface area contributed by atoms with Crippen molar-refractivity contribution in [2.75, 3.05) is 26.3 Å². The van der Waals surface area contributed by atoms with Gasteiger partial charge in [-0.15, -0.1) is 0 Å². The number of nitrogens with one attached hydrogen (secondary N) is 1. The molecule has 2 heteroatoms. The van der Waals surface area contributed by atoms with Gasteiger partial charge in [0.25, 0.3) is 0 Å². The predicted molar refractivity (Wildman–Crippen MR) is 85.2 cm³/mol. The van der Waals surface area contributed by atoms with Crippen molar-refractivity contribution in [3.05, 3.63) is 35.4 Å². The Morgan fingerprint density at radius 2 is 1.95 bits per heavy atom. The van der Waals surface area contributed by atoms with E-state index in [1.54, 1.807) is 0 Å². The first kappa shape index (κ1) is 15.5. The van der Waals surface area contributed by atoms with Crippen LogP contribution >= 0.6 is 0 Å². The van der Waals surface area contributed by atoms with E-state index in [1.165, 1.54) is 24.0 Å². The highest BCUT2D eigenvalue weighted by atomic mass is 16.5. The Bertz CT molecular complexity index is 390. The van der Waals surface area contributed by atoms with E-state index in [-0.39, 0.29) is 0 Å². The van der Waals surface area contributed by atoms with E-state index in [0.717, 1.165) is 32.2 Å². The smallest absolute Gasteiger partial charge is 0.0547 e. The molecular weight excluding hydrogens is 246 g/mol. The van der Waals surface area contributed by atoms with Crippen LogP contribution in [0.1, 0.15) is 43.7 Å². The molecule has 0 spiro atoms.